The van der Waals surface area contributed by atoms with Crippen molar-refractivity contribution in [1.29, 1.82) is 0 Å². The summed E-state index contributed by atoms with van der Waals surface area (Å²) in [6, 6.07) is 1.75. The lowest BCUT2D eigenvalue weighted by atomic mass is 9.84. The van der Waals surface area contributed by atoms with E-state index in [2.05, 4.69) is 20.3 Å². The fourth-order valence-corrected chi connectivity index (χ4v) is 3.54. The van der Waals surface area contributed by atoms with Crippen LogP contribution in [-0.4, -0.2) is 31.4 Å². The molecule has 0 saturated heterocycles. The zero-order valence-corrected chi connectivity index (χ0v) is 13.8. The van der Waals surface area contributed by atoms with E-state index in [1.165, 1.54) is 32.1 Å². The van der Waals surface area contributed by atoms with Crippen LogP contribution in [0.5, 0.6) is 0 Å². The smallest absolute Gasteiger partial charge is 0.304 e. The van der Waals surface area contributed by atoms with Gasteiger partial charge in [0.1, 0.15) is 5.69 Å². The molecule has 2 aromatic rings. The van der Waals surface area contributed by atoms with Crippen molar-refractivity contribution in [2.24, 2.45) is 5.92 Å². The molecule has 0 amide bonds. The molecule has 1 aliphatic carbocycles. The first-order chi connectivity index (χ1) is 11.7. The molecule has 1 unspecified atom stereocenters. The lowest BCUT2D eigenvalue weighted by Gasteiger charge is -2.21. The van der Waals surface area contributed by atoms with Gasteiger partial charge in [-0.25, -0.2) is 0 Å². The Labute approximate surface area is 140 Å². The van der Waals surface area contributed by atoms with Gasteiger partial charge in [-0.15, -0.1) is 0 Å². The Hall–Kier alpha value is -2.18. The standard InChI is InChI=1S/C17H24N4O3/c22-15(23)11-13(8-4-7-12-5-2-1-3-6-12)17-19-16(21-24-17)14-9-10-18-20-14/h9-10,12-13H,1-8,11H2,(H,18,20)(H,22,23). The average molecular weight is 332 g/mol. The first-order valence-electron chi connectivity index (χ1n) is 8.77. The van der Waals surface area contributed by atoms with E-state index in [0.29, 0.717) is 17.4 Å². The summed E-state index contributed by atoms with van der Waals surface area (Å²) in [5, 5.41) is 19.8. The molecule has 0 radical (unpaired) electrons. The molecular weight excluding hydrogens is 308 g/mol. The van der Waals surface area contributed by atoms with E-state index in [1.54, 1.807) is 12.3 Å². The molecule has 7 heteroatoms. The largest absolute Gasteiger partial charge is 0.481 e. The van der Waals surface area contributed by atoms with Crippen LogP contribution in [0.2, 0.25) is 0 Å². The van der Waals surface area contributed by atoms with Crippen molar-refractivity contribution >= 4 is 5.97 Å². The molecular formula is C17H24N4O3. The first kappa shape index (κ1) is 16.7. The fourth-order valence-electron chi connectivity index (χ4n) is 3.54. The van der Waals surface area contributed by atoms with E-state index in [1.807, 2.05) is 0 Å². The highest BCUT2D eigenvalue weighted by molar-refractivity contribution is 5.67. The predicted molar refractivity (Wildman–Crippen MR) is 87.3 cm³/mol. The van der Waals surface area contributed by atoms with Gasteiger partial charge in [-0.2, -0.15) is 10.1 Å². The molecule has 1 saturated carbocycles. The van der Waals surface area contributed by atoms with Crippen LogP contribution < -0.4 is 0 Å². The molecule has 2 aromatic heterocycles. The van der Waals surface area contributed by atoms with Gasteiger partial charge in [-0.05, 0) is 18.4 Å². The Morgan fingerprint density at radius 1 is 1.38 bits per heavy atom. The van der Waals surface area contributed by atoms with Gasteiger partial charge >= 0.3 is 5.97 Å². The molecule has 2 heterocycles. The van der Waals surface area contributed by atoms with Crippen molar-refractivity contribution in [3.05, 3.63) is 18.2 Å². The number of carboxylic acids is 1. The number of rotatable bonds is 8. The monoisotopic (exact) mass is 332 g/mol. The van der Waals surface area contributed by atoms with Crippen LogP contribution in [0.1, 0.15) is 69.6 Å². The Bertz CT molecular complexity index is 632. The summed E-state index contributed by atoms with van der Waals surface area (Å²) in [5.41, 5.74) is 0.668. The van der Waals surface area contributed by atoms with Gasteiger partial charge in [-0.1, -0.05) is 50.1 Å². The first-order valence-corrected chi connectivity index (χ1v) is 8.77. The lowest BCUT2D eigenvalue weighted by molar-refractivity contribution is -0.137. The van der Waals surface area contributed by atoms with Crippen LogP contribution in [0.15, 0.2) is 16.8 Å². The van der Waals surface area contributed by atoms with Crippen molar-refractivity contribution in [2.45, 2.75) is 63.7 Å². The second kappa shape index (κ2) is 8.08. The zero-order chi connectivity index (χ0) is 16.8. The maximum atomic E-state index is 11.2. The Balaban J connectivity index is 1.59. The fraction of sp³-hybridized carbons (Fsp3) is 0.647. The molecule has 2 N–H and O–H groups in total. The number of nitrogens with one attached hydrogen (secondary N) is 1. The van der Waals surface area contributed by atoms with Gasteiger partial charge in [-0.3, -0.25) is 9.89 Å². The molecule has 24 heavy (non-hydrogen) atoms. The number of carbonyl (C=O) groups is 1. The molecule has 1 atom stereocenters. The second-order valence-electron chi connectivity index (χ2n) is 6.66. The maximum Gasteiger partial charge on any atom is 0.304 e. The van der Waals surface area contributed by atoms with Crippen LogP contribution in [0.3, 0.4) is 0 Å². The van der Waals surface area contributed by atoms with Gasteiger partial charge in [0, 0.05) is 12.1 Å². The minimum atomic E-state index is -0.834. The van der Waals surface area contributed by atoms with Gasteiger partial charge in [0.05, 0.1) is 6.42 Å². The molecule has 130 valence electrons. The van der Waals surface area contributed by atoms with Crippen LogP contribution in [0.25, 0.3) is 11.5 Å². The van der Waals surface area contributed by atoms with Crippen molar-refractivity contribution in [2.75, 3.05) is 0 Å². The number of H-pyrrole nitrogens is 1. The van der Waals surface area contributed by atoms with E-state index in [-0.39, 0.29) is 12.3 Å². The van der Waals surface area contributed by atoms with E-state index in [4.69, 9.17) is 4.52 Å². The van der Waals surface area contributed by atoms with E-state index < -0.39 is 5.97 Å². The molecule has 1 aliphatic rings. The highest BCUT2D eigenvalue weighted by Gasteiger charge is 2.23. The van der Waals surface area contributed by atoms with Gasteiger partial charge in [0.15, 0.2) is 0 Å². The van der Waals surface area contributed by atoms with Crippen LogP contribution in [-0.2, 0) is 4.79 Å². The molecule has 1 fully saturated rings. The number of aromatic nitrogens is 4. The molecule has 0 aromatic carbocycles. The highest BCUT2D eigenvalue weighted by Crippen LogP contribution is 2.31. The summed E-state index contributed by atoms with van der Waals surface area (Å²) in [5.74, 6) is 0.567. The Morgan fingerprint density at radius 2 is 2.21 bits per heavy atom. The summed E-state index contributed by atoms with van der Waals surface area (Å²) >= 11 is 0. The second-order valence-corrected chi connectivity index (χ2v) is 6.66. The number of carboxylic acid groups (broad SMARTS) is 1. The molecule has 3 rings (SSSR count). The van der Waals surface area contributed by atoms with E-state index in [0.717, 1.165) is 25.2 Å². The summed E-state index contributed by atoms with van der Waals surface area (Å²) in [6.45, 7) is 0. The topological polar surface area (TPSA) is 105 Å². The minimum absolute atomic E-state index is 0.0231. The third-order valence-electron chi connectivity index (χ3n) is 4.84. The van der Waals surface area contributed by atoms with E-state index >= 15 is 0 Å². The van der Waals surface area contributed by atoms with Crippen molar-refractivity contribution < 1.29 is 14.4 Å². The Morgan fingerprint density at radius 3 is 2.92 bits per heavy atom. The number of nitrogens with zero attached hydrogens (tertiary/aromatic N) is 3. The number of hydrogen-bond acceptors (Lipinski definition) is 5. The van der Waals surface area contributed by atoms with Crippen molar-refractivity contribution in [1.82, 2.24) is 20.3 Å². The van der Waals surface area contributed by atoms with Crippen LogP contribution >= 0.6 is 0 Å². The predicted octanol–water partition coefficient (Wildman–Crippen LogP) is 3.77. The summed E-state index contributed by atoms with van der Waals surface area (Å²) in [7, 11) is 0. The maximum absolute atomic E-state index is 11.2. The number of hydrogen-bond donors (Lipinski definition) is 2. The summed E-state index contributed by atoms with van der Waals surface area (Å²) in [4.78, 5) is 15.5. The van der Waals surface area contributed by atoms with Crippen LogP contribution in [0, 0.1) is 5.92 Å². The highest BCUT2D eigenvalue weighted by atomic mass is 16.5. The molecule has 0 bridgehead atoms. The number of aliphatic carboxylic acids is 1. The van der Waals surface area contributed by atoms with Crippen molar-refractivity contribution in [3.63, 3.8) is 0 Å². The zero-order valence-electron chi connectivity index (χ0n) is 13.8. The number of aromatic amines is 1. The normalized spacial score (nSPS) is 17.0. The van der Waals surface area contributed by atoms with Gasteiger partial charge < -0.3 is 9.63 Å². The molecule has 7 nitrogen and oxygen atoms in total. The van der Waals surface area contributed by atoms with Crippen molar-refractivity contribution in [3.8, 4) is 11.5 Å². The van der Waals surface area contributed by atoms with E-state index in [9.17, 15) is 9.90 Å². The quantitative estimate of drug-likeness (QED) is 0.762. The average Bonchev–Trinajstić information content (AvgIpc) is 3.26. The molecule has 0 aliphatic heterocycles. The molecule has 0 spiro atoms. The summed E-state index contributed by atoms with van der Waals surface area (Å²) < 4.78 is 5.32. The lowest BCUT2D eigenvalue weighted by Crippen LogP contribution is -2.10. The van der Waals surface area contributed by atoms with Gasteiger partial charge in [0.2, 0.25) is 11.7 Å². The third kappa shape index (κ3) is 4.43. The summed E-state index contributed by atoms with van der Waals surface area (Å²) in [6.07, 6.45) is 11.2. The van der Waals surface area contributed by atoms with Gasteiger partial charge in [0.25, 0.3) is 0 Å². The SMILES string of the molecule is O=C(O)CC(CCCC1CCCCC1)c1nc(-c2ccn[nH]2)no1. The minimum Gasteiger partial charge on any atom is -0.481 e. The third-order valence-corrected chi connectivity index (χ3v) is 4.84. The van der Waals surface area contributed by atoms with Crippen LogP contribution in [0.4, 0.5) is 0 Å². The Kier molecular flexibility index (Phi) is 5.61.